The summed E-state index contributed by atoms with van der Waals surface area (Å²) >= 11 is 3.28. The number of rotatable bonds is 5. The molecule has 1 aromatic carbocycles. The summed E-state index contributed by atoms with van der Waals surface area (Å²) in [5.41, 5.74) is 2.05. The molecule has 0 saturated heterocycles. The highest BCUT2D eigenvalue weighted by molar-refractivity contribution is 9.10. The van der Waals surface area contributed by atoms with Gasteiger partial charge in [0.2, 0.25) is 5.95 Å². The Morgan fingerprint density at radius 3 is 2.52 bits per heavy atom. The van der Waals surface area contributed by atoms with Gasteiger partial charge in [0.15, 0.2) is 0 Å². The highest BCUT2D eigenvalue weighted by atomic mass is 79.9. The van der Waals surface area contributed by atoms with Crippen molar-refractivity contribution < 1.29 is 4.39 Å². The van der Waals surface area contributed by atoms with Crippen LogP contribution in [0.5, 0.6) is 0 Å². The molecule has 5 nitrogen and oxygen atoms in total. The van der Waals surface area contributed by atoms with Gasteiger partial charge in [-0.25, -0.2) is 9.37 Å². The van der Waals surface area contributed by atoms with Crippen LogP contribution < -0.4 is 10.6 Å². The number of halogens is 2. The molecule has 1 aliphatic rings. The number of hydrogen-bond acceptors (Lipinski definition) is 5. The van der Waals surface area contributed by atoms with Crippen LogP contribution in [0.4, 0.5) is 21.8 Å². The highest BCUT2D eigenvalue weighted by Gasteiger charge is 2.17. The van der Waals surface area contributed by atoms with E-state index in [0.717, 1.165) is 24.1 Å². The van der Waals surface area contributed by atoms with Gasteiger partial charge in [0.25, 0.3) is 0 Å². The Kier molecular flexibility index (Phi) is 5.29. The van der Waals surface area contributed by atoms with Crippen LogP contribution in [0.15, 0.2) is 53.3 Å². The fraction of sp³-hybridized carbons (Fsp3) is 0.250. The Hall–Kier alpha value is -2.54. The molecule has 0 radical (unpaired) electrons. The number of aromatic nitrogens is 3. The van der Waals surface area contributed by atoms with Gasteiger partial charge >= 0.3 is 0 Å². The van der Waals surface area contributed by atoms with Crippen molar-refractivity contribution in [3.63, 3.8) is 0 Å². The normalized spacial score (nSPS) is 14.3. The van der Waals surface area contributed by atoms with Gasteiger partial charge in [0, 0.05) is 34.5 Å². The topological polar surface area (TPSA) is 62.7 Å². The van der Waals surface area contributed by atoms with Gasteiger partial charge in [-0.3, -0.25) is 4.98 Å². The lowest BCUT2D eigenvalue weighted by atomic mass is 10.2. The molecule has 2 heterocycles. The van der Waals surface area contributed by atoms with E-state index in [2.05, 4.69) is 41.5 Å². The molecule has 0 atom stereocenters. The minimum atomic E-state index is -0.348. The monoisotopic (exact) mass is 427 g/mol. The first-order valence-electron chi connectivity index (χ1n) is 8.95. The summed E-state index contributed by atoms with van der Waals surface area (Å²) in [4.78, 5) is 13.3. The van der Waals surface area contributed by atoms with Crippen molar-refractivity contribution >= 4 is 33.4 Å². The lowest BCUT2D eigenvalue weighted by Crippen LogP contribution is -2.17. The van der Waals surface area contributed by atoms with Crippen LogP contribution in [0, 0.1) is 5.82 Å². The number of hydrogen-bond donors (Lipinski definition) is 2. The van der Waals surface area contributed by atoms with Crippen LogP contribution >= 0.6 is 15.9 Å². The van der Waals surface area contributed by atoms with Crippen molar-refractivity contribution in [2.24, 2.45) is 0 Å². The molecule has 1 aliphatic carbocycles. The van der Waals surface area contributed by atoms with E-state index in [1.54, 1.807) is 24.5 Å². The average molecular weight is 428 g/mol. The summed E-state index contributed by atoms with van der Waals surface area (Å²) in [5, 5.41) is 6.49. The van der Waals surface area contributed by atoms with E-state index in [0.29, 0.717) is 28.0 Å². The zero-order chi connectivity index (χ0) is 18.6. The molecule has 0 aliphatic heterocycles. The van der Waals surface area contributed by atoms with E-state index in [-0.39, 0.29) is 5.82 Å². The molecule has 0 spiro atoms. The van der Waals surface area contributed by atoms with Crippen molar-refractivity contribution in [2.45, 2.75) is 31.7 Å². The average Bonchev–Trinajstić information content (AvgIpc) is 3.18. The summed E-state index contributed by atoms with van der Waals surface area (Å²) in [7, 11) is 0. The van der Waals surface area contributed by atoms with Crippen LogP contribution in [0.3, 0.4) is 0 Å². The van der Waals surface area contributed by atoms with Gasteiger partial charge in [-0.2, -0.15) is 4.98 Å². The summed E-state index contributed by atoms with van der Waals surface area (Å²) in [6.45, 7) is 0. The maximum atomic E-state index is 14.2. The second-order valence-corrected chi connectivity index (χ2v) is 7.49. The quantitative estimate of drug-likeness (QED) is 0.559. The predicted octanol–water partition coefficient (Wildman–Crippen LogP) is 5.54. The molecule has 3 aromatic rings. The van der Waals surface area contributed by atoms with Crippen molar-refractivity contribution in [3.05, 3.63) is 59.1 Å². The van der Waals surface area contributed by atoms with E-state index in [1.807, 2.05) is 18.2 Å². The molecule has 0 bridgehead atoms. The fourth-order valence-corrected chi connectivity index (χ4v) is 3.56. The molecule has 2 aromatic heterocycles. The van der Waals surface area contributed by atoms with E-state index in [4.69, 9.17) is 0 Å². The molecular formula is C20H19BrFN5. The first-order valence-corrected chi connectivity index (χ1v) is 9.75. The van der Waals surface area contributed by atoms with E-state index >= 15 is 0 Å². The first-order chi connectivity index (χ1) is 13.2. The Morgan fingerprint density at radius 2 is 1.78 bits per heavy atom. The van der Waals surface area contributed by atoms with Crippen molar-refractivity contribution in [1.82, 2.24) is 15.0 Å². The van der Waals surface area contributed by atoms with Crippen molar-refractivity contribution in [2.75, 3.05) is 10.6 Å². The largest absolute Gasteiger partial charge is 0.351 e. The van der Waals surface area contributed by atoms with Gasteiger partial charge in [-0.05, 0) is 43.2 Å². The third kappa shape index (κ3) is 4.42. The SMILES string of the molecule is Fc1cc(Br)ccc1Nc1cc(-c2ccncc2)nc(NC2CCCC2)n1. The van der Waals surface area contributed by atoms with Crippen LogP contribution in [0.2, 0.25) is 0 Å². The third-order valence-corrected chi connectivity index (χ3v) is 5.08. The van der Waals surface area contributed by atoms with E-state index in [1.165, 1.54) is 18.9 Å². The second kappa shape index (κ2) is 8.00. The molecule has 0 amide bonds. The Bertz CT molecular complexity index is 929. The van der Waals surface area contributed by atoms with Crippen LogP contribution in [0.25, 0.3) is 11.3 Å². The summed E-state index contributed by atoms with van der Waals surface area (Å²) in [6, 6.07) is 10.9. The minimum Gasteiger partial charge on any atom is -0.351 e. The fourth-order valence-electron chi connectivity index (χ4n) is 3.23. The molecular weight excluding hydrogens is 409 g/mol. The molecule has 7 heteroatoms. The second-order valence-electron chi connectivity index (χ2n) is 6.57. The summed E-state index contributed by atoms with van der Waals surface area (Å²) in [5.74, 6) is 0.744. The molecule has 4 rings (SSSR count). The molecule has 1 saturated carbocycles. The maximum Gasteiger partial charge on any atom is 0.225 e. The van der Waals surface area contributed by atoms with Gasteiger partial charge in [0.05, 0.1) is 11.4 Å². The lowest BCUT2D eigenvalue weighted by molar-refractivity contribution is 0.631. The van der Waals surface area contributed by atoms with Gasteiger partial charge in [0.1, 0.15) is 11.6 Å². The smallest absolute Gasteiger partial charge is 0.225 e. The van der Waals surface area contributed by atoms with Gasteiger partial charge < -0.3 is 10.6 Å². The zero-order valence-electron chi connectivity index (χ0n) is 14.6. The predicted molar refractivity (Wildman–Crippen MR) is 109 cm³/mol. The Balaban J connectivity index is 1.68. The Morgan fingerprint density at radius 1 is 1.00 bits per heavy atom. The molecule has 27 heavy (non-hydrogen) atoms. The standard InChI is InChI=1S/C20H19BrFN5/c21-14-5-6-17(16(22)11-14)25-19-12-18(13-7-9-23-10-8-13)26-20(27-19)24-15-3-1-2-4-15/h5-12,15H,1-4H2,(H2,24,25,26,27). The number of anilines is 3. The Labute approximate surface area is 165 Å². The number of nitrogens with zero attached hydrogens (tertiary/aromatic N) is 3. The first kappa shape index (κ1) is 17.9. The highest BCUT2D eigenvalue weighted by Crippen LogP contribution is 2.27. The van der Waals surface area contributed by atoms with E-state index in [9.17, 15) is 4.39 Å². The van der Waals surface area contributed by atoms with Crippen LogP contribution in [-0.4, -0.2) is 21.0 Å². The summed E-state index contributed by atoms with van der Waals surface area (Å²) < 4.78 is 14.9. The van der Waals surface area contributed by atoms with Crippen molar-refractivity contribution in [3.8, 4) is 11.3 Å². The number of pyridine rings is 1. The van der Waals surface area contributed by atoms with Gasteiger partial charge in [-0.15, -0.1) is 0 Å². The lowest BCUT2D eigenvalue weighted by Gasteiger charge is -2.15. The third-order valence-electron chi connectivity index (χ3n) is 4.58. The molecule has 2 N–H and O–H groups in total. The van der Waals surface area contributed by atoms with Gasteiger partial charge in [-0.1, -0.05) is 28.8 Å². The van der Waals surface area contributed by atoms with Crippen molar-refractivity contribution in [1.29, 1.82) is 0 Å². The number of nitrogens with one attached hydrogen (secondary N) is 2. The van der Waals surface area contributed by atoms with Crippen LogP contribution in [0.1, 0.15) is 25.7 Å². The zero-order valence-corrected chi connectivity index (χ0v) is 16.2. The molecule has 138 valence electrons. The summed E-state index contributed by atoms with van der Waals surface area (Å²) in [6.07, 6.45) is 8.12. The molecule has 1 fully saturated rings. The number of benzene rings is 1. The maximum absolute atomic E-state index is 14.2. The van der Waals surface area contributed by atoms with Crippen LogP contribution in [-0.2, 0) is 0 Å². The minimum absolute atomic E-state index is 0.348. The molecule has 0 unspecified atom stereocenters. The van der Waals surface area contributed by atoms with E-state index < -0.39 is 0 Å².